The Balaban J connectivity index is 1.43. The molecule has 1 saturated heterocycles. The van der Waals surface area contributed by atoms with Crippen LogP contribution in [0.2, 0.25) is 0 Å². The van der Waals surface area contributed by atoms with Gasteiger partial charge in [-0.1, -0.05) is 60.2 Å². The van der Waals surface area contributed by atoms with Crippen molar-refractivity contribution in [1.29, 1.82) is 0 Å². The van der Waals surface area contributed by atoms with Gasteiger partial charge in [0.2, 0.25) is 0 Å². The third-order valence-corrected chi connectivity index (χ3v) is 6.00. The van der Waals surface area contributed by atoms with Gasteiger partial charge in [0, 0.05) is 35.6 Å². The maximum absolute atomic E-state index is 13.0. The monoisotopic (exact) mass is 430 g/mol. The molecule has 0 aliphatic carbocycles. The molecule has 0 aromatic heterocycles. The number of benzene rings is 3. The number of amides is 1. The number of carbonyl (C=O) groups excluding carboxylic acids is 1. The van der Waals surface area contributed by atoms with Crippen LogP contribution in [0, 0.1) is 6.92 Å². The summed E-state index contributed by atoms with van der Waals surface area (Å²) in [5.41, 5.74) is 5.59. The molecule has 1 aliphatic heterocycles. The van der Waals surface area contributed by atoms with Crippen molar-refractivity contribution >= 4 is 17.3 Å². The number of nitrogens with two attached hydrogens (primary N) is 1. The van der Waals surface area contributed by atoms with Gasteiger partial charge in [0.15, 0.2) is 6.04 Å². The van der Waals surface area contributed by atoms with Crippen LogP contribution in [0.4, 0.5) is 11.4 Å². The molecular formula is C27H32N3O2+. The van der Waals surface area contributed by atoms with E-state index in [1.807, 2.05) is 37.3 Å². The van der Waals surface area contributed by atoms with Crippen LogP contribution in [-0.4, -0.2) is 38.3 Å². The molecule has 1 heterocycles. The molecule has 0 radical (unpaired) electrons. The Bertz CT molecular complexity index is 997. The highest BCUT2D eigenvalue weighted by Crippen LogP contribution is 2.20. The second-order valence-corrected chi connectivity index (χ2v) is 8.42. The number of ether oxygens (including phenoxy) is 1. The molecule has 0 saturated carbocycles. The van der Waals surface area contributed by atoms with E-state index >= 15 is 0 Å². The SMILES string of the molecule is Cc1ccc([C@@H]([NH2+][C@@H](C)C(=O)Nc2ccc(N3CCOCC3)cc2)c2ccccc2)cc1. The summed E-state index contributed by atoms with van der Waals surface area (Å²) in [5.74, 6) is -0.00262. The van der Waals surface area contributed by atoms with Crippen LogP contribution in [0.3, 0.4) is 0 Å². The average Bonchev–Trinajstić information content (AvgIpc) is 2.84. The van der Waals surface area contributed by atoms with Crippen LogP contribution < -0.4 is 15.5 Å². The van der Waals surface area contributed by atoms with E-state index in [9.17, 15) is 4.79 Å². The van der Waals surface area contributed by atoms with E-state index in [0.29, 0.717) is 0 Å². The van der Waals surface area contributed by atoms with Gasteiger partial charge in [-0.05, 0) is 38.1 Å². The molecule has 1 aliphatic rings. The largest absolute Gasteiger partial charge is 0.378 e. The number of rotatable bonds is 7. The van der Waals surface area contributed by atoms with E-state index in [4.69, 9.17) is 4.74 Å². The van der Waals surface area contributed by atoms with Crippen molar-refractivity contribution in [2.24, 2.45) is 0 Å². The number of nitrogens with one attached hydrogen (secondary N) is 1. The van der Waals surface area contributed by atoms with Crippen LogP contribution in [0.5, 0.6) is 0 Å². The Morgan fingerprint density at radius 1 is 0.906 bits per heavy atom. The van der Waals surface area contributed by atoms with E-state index in [2.05, 4.69) is 71.0 Å². The first kappa shape index (κ1) is 22.1. The molecule has 1 amide bonds. The lowest BCUT2D eigenvalue weighted by atomic mass is 9.97. The summed E-state index contributed by atoms with van der Waals surface area (Å²) in [6.45, 7) is 7.37. The number of aryl methyl sites for hydroxylation is 1. The van der Waals surface area contributed by atoms with Crippen LogP contribution in [0.15, 0.2) is 78.9 Å². The minimum Gasteiger partial charge on any atom is -0.378 e. The van der Waals surface area contributed by atoms with Crippen LogP contribution in [0.25, 0.3) is 0 Å². The summed E-state index contributed by atoms with van der Waals surface area (Å²) in [5, 5.41) is 5.21. The van der Waals surface area contributed by atoms with Gasteiger partial charge in [-0.15, -0.1) is 0 Å². The predicted octanol–water partition coefficient (Wildman–Crippen LogP) is 3.51. The van der Waals surface area contributed by atoms with Gasteiger partial charge in [-0.25, -0.2) is 0 Å². The standard InChI is InChI=1S/C27H31N3O2/c1-20-8-10-23(11-9-20)26(22-6-4-3-5-7-22)28-21(2)27(31)29-24-12-14-25(15-13-24)30-16-18-32-19-17-30/h3-15,21,26,28H,16-19H2,1-2H3,(H,29,31)/p+1/t21-,26-/m0/s1. The fourth-order valence-corrected chi connectivity index (χ4v) is 4.06. The van der Waals surface area contributed by atoms with Gasteiger partial charge in [-0.3, -0.25) is 4.79 Å². The van der Waals surface area contributed by atoms with E-state index in [-0.39, 0.29) is 18.0 Å². The molecule has 5 heteroatoms. The van der Waals surface area contributed by atoms with Gasteiger partial charge in [0.25, 0.3) is 5.91 Å². The minimum absolute atomic E-state index is 0.00262. The zero-order valence-corrected chi connectivity index (χ0v) is 18.8. The Morgan fingerprint density at radius 2 is 1.53 bits per heavy atom. The summed E-state index contributed by atoms with van der Waals surface area (Å²) in [6, 6.07) is 26.8. The van der Waals surface area contributed by atoms with Crippen LogP contribution >= 0.6 is 0 Å². The zero-order valence-electron chi connectivity index (χ0n) is 18.8. The Morgan fingerprint density at radius 3 is 2.19 bits per heavy atom. The smallest absolute Gasteiger partial charge is 0.282 e. The van der Waals surface area contributed by atoms with E-state index in [1.165, 1.54) is 16.7 Å². The van der Waals surface area contributed by atoms with Crippen molar-refractivity contribution in [3.63, 3.8) is 0 Å². The highest BCUT2D eigenvalue weighted by molar-refractivity contribution is 5.93. The molecule has 32 heavy (non-hydrogen) atoms. The van der Waals surface area contributed by atoms with Gasteiger partial charge in [0.05, 0.1) is 13.2 Å². The van der Waals surface area contributed by atoms with Gasteiger partial charge in [-0.2, -0.15) is 0 Å². The van der Waals surface area contributed by atoms with Crippen molar-refractivity contribution < 1.29 is 14.8 Å². The Kier molecular flexibility index (Phi) is 7.20. The Hall–Kier alpha value is -3.15. The first-order valence-electron chi connectivity index (χ1n) is 11.3. The third kappa shape index (κ3) is 5.55. The van der Waals surface area contributed by atoms with Crippen LogP contribution in [-0.2, 0) is 9.53 Å². The molecular weight excluding hydrogens is 398 g/mol. The van der Waals surface area contributed by atoms with Crippen molar-refractivity contribution in [3.05, 3.63) is 95.6 Å². The minimum atomic E-state index is -0.250. The molecule has 0 unspecified atom stereocenters. The maximum Gasteiger partial charge on any atom is 0.282 e. The normalized spacial score (nSPS) is 15.8. The summed E-state index contributed by atoms with van der Waals surface area (Å²) >= 11 is 0. The number of hydrogen-bond acceptors (Lipinski definition) is 3. The van der Waals surface area contributed by atoms with Crippen molar-refractivity contribution in [2.45, 2.75) is 25.9 Å². The molecule has 3 aromatic carbocycles. The molecule has 1 fully saturated rings. The number of quaternary nitrogens is 1. The summed E-state index contributed by atoms with van der Waals surface area (Å²) in [4.78, 5) is 15.3. The van der Waals surface area contributed by atoms with Crippen molar-refractivity contribution in [1.82, 2.24) is 0 Å². The summed E-state index contributed by atoms with van der Waals surface area (Å²) < 4.78 is 5.42. The number of hydrogen-bond donors (Lipinski definition) is 2. The van der Waals surface area contributed by atoms with E-state index in [1.54, 1.807) is 0 Å². The van der Waals surface area contributed by atoms with E-state index < -0.39 is 0 Å². The first-order valence-corrected chi connectivity index (χ1v) is 11.3. The van der Waals surface area contributed by atoms with Crippen molar-refractivity contribution in [3.8, 4) is 0 Å². The Labute approximate surface area is 190 Å². The molecule has 3 N–H and O–H groups in total. The number of carbonyl (C=O) groups is 1. The lowest BCUT2D eigenvalue weighted by molar-refractivity contribution is -0.704. The van der Waals surface area contributed by atoms with Gasteiger partial charge in [0.1, 0.15) is 6.04 Å². The van der Waals surface area contributed by atoms with Gasteiger partial charge >= 0.3 is 0 Å². The molecule has 166 valence electrons. The third-order valence-electron chi connectivity index (χ3n) is 6.00. The lowest BCUT2D eigenvalue weighted by Gasteiger charge is -2.29. The molecule has 5 nitrogen and oxygen atoms in total. The fourth-order valence-electron chi connectivity index (χ4n) is 4.06. The zero-order chi connectivity index (χ0) is 22.3. The summed E-state index contributed by atoms with van der Waals surface area (Å²) in [6.07, 6.45) is 0. The number of nitrogens with zero attached hydrogens (tertiary/aromatic N) is 1. The molecule has 0 spiro atoms. The average molecular weight is 431 g/mol. The quantitative estimate of drug-likeness (QED) is 0.603. The lowest BCUT2D eigenvalue weighted by Crippen LogP contribution is -2.92. The highest BCUT2D eigenvalue weighted by Gasteiger charge is 2.25. The first-order chi connectivity index (χ1) is 15.6. The maximum atomic E-state index is 13.0. The fraction of sp³-hybridized carbons (Fsp3) is 0.296. The second-order valence-electron chi connectivity index (χ2n) is 8.42. The highest BCUT2D eigenvalue weighted by atomic mass is 16.5. The topological polar surface area (TPSA) is 58.2 Å². The number of anilines is 2. The van der Waals surface area contributed by atoms with Gasteiger partial charge < -0.3 is 20.3 Å². The molecule has 3 aromatic rings. The molecule has 2 atom stereocenters. The summed E-state index contributed by atoms with van der Waals surface area (Å²) in [7, 11) is 0. The molecule has 0 bridgehead atoms. The predicted molar refractivity (Wildman–Crippen MR) is 129 cm³/mol. The number of morpholine rings is 1. The second kappa shape index (κ2) is 10.4. The van der Waals surface area contributed by atoms with Crippen LogP contribution in [0.1, 0.15) is 29.7 Å². The van der Waals surface area contributed by atoms with Crippen molar-refractivity contribution in [2.75, 3.05) is 36.5 Å². The van der Waals surface area contributed by atoms with E-state index in [0.717, 1.165) is 37.7 Å². The molecule has 4 rings (SSSR count).